The third-order valence-electron chi connectivity index (χ3n) is 2.78. The highest BCUT2D eigenvalue weighted by Gasteiger charge is 2.11. The maximum Gasteiger partial charge on any atom is 0.129 e. The molecule has 88 valence electrons. The van der Waals surface area contributed by atoms with E-state index in [0.29, 0.717) is 17.8 Å². The molecular formula is C14H16N2O. The summed E-state index contributed by atoms with van der Waals surface area (Å²) in [6, 6.07) is 11.7. The van der Waals surface area contributed by atoms with Gasteiger partial charge in [0.1, 0.15) is 5.82 Å². The van der Waals surface area contributed by atoms with Gasteiger partial charge in [0.15, 0.2) is 0 Å². The van der Waals surface area contributed by atoms with Crippen molar-refractivity contribution in [3.63, 3.8) is 0 Å². The minimum Gasteiger partial charge on any atom is -0.388 e. The number of benzene rings is 1. The molecule has 0 spiro atoms. The Labute approximate surface area is 101 Å². The maximum atomic E-state index is 10.1. The van der Waals surface area contributed by atoms with Crippen LogP contribution in [0.5, 0.6) is 0 Å². The van der Waals surface area contributed by atoms with Crippen molar-refractivity contribution >= 4 is 5.82 Å². The number of rotatable bonds is 3. The van der Waals surface area contributed by atoms with E-state index in [1.807, 2.05) is 31.2 Å². The molecule has 0 aliphatic carbocycles. The molecule has 1 aromatic carbocycles. The van der Waals surface area contributed by atoms with E-state index in [-0.39, 0.29) is 0 Å². The van der Waals surface area contributed by atoms with Crippen LogP contribution in [0.4, 0.5) is 5.82 Å². The Hall–Kier alpha value is -1.87. The van der Waals surface area contributed by atoms with Crippen LogP contribution in [0.25, 0.3) is 0 Å². The number of nitrogen functional groups attached to an aromatic ring is 1. The van der Waals surface area contributed by atoms with Crippen molar-refractivity contribution < 1.29 is 5.11 Å². The number of nitrogens with two attached hydrogens (primary N) is 1. The summed E-state index contributed by atoms with van der Waals surface area (Å²) in [5, 5.41) is 10.1. The fourth-order valence-electron chi connectivity index (χ4n) is 1.77. The van der Waals surface area contributed by atoms with Crippen molar-refractivity contribution in [3.8, 4) is 0 Å². The first-order valence-corrected chi connectivity index (χ1v) is 5.61. The van der Waals surface area contributed by atoms with Crippen molar-refractivity contribution in [2.75, 3.05) is 5.73 Å². The van der Waals surface area contributed by atoms with Gasteiger partial charge in [-0.25, -0.2) is 4.98 Å². The fourth-order valence-corrected chi connectivity index (χ4v) is 1.77. The van der Waals surface area contributed by atoms with Gasteiger partial charge >= 0.3 is 0 Å². The molecular weight excluding hydrogens is 212 g/mol. The summed E-state index contributed by atoms with van der Waals surface area (Å²) in [7, 11) is 0. The van der Waals surface area contributed by atoms with E-state index >= 15 is 0 Å². The summed E-state index contributed by atoms with van der Waals surface area (Å²) in [5.41, 5.74) is 8.72. The summed E-state index contributed by atoms with van der Waals surface area (Å²) in [6.07, 6.45) is 1.57. The smallest absolute Gasteiger partial charge is 0.129 e. The second-order valence-corrected chi connectivity index (χ2v) is 4.18. The highest BCUT2D eigenvalue weighted by Crippen LogP contribution is 2.21. The highest BCUT2D eigenvalue weighted by atomic mass is 16.3. The maximum absolute atomic E-state index is 10.1. The monoisotopic (exact) mass is 228 g/mol. The Morgan fingerprint density at radius 2 is 1.94 bits per heavy atom. The van der Waals surface area contributed by atoms with Crippen LogP contribution < -0.4 is 5.73 Å². The zero-order valence-corrected chi connectivity index (χ0v) is 9.80. The number of hydrogen-bond donors (Lipinski definition) is 2. The largest absolute Gasteiger partial charge is 0.388 e. The van der Waals surface area contributed by atoms with Crippen molar-refractivity contribution in [2.45, 2.75) is 19.4 Å². The van der Waals surface area contributed by atoms with Crippen molar-refractivity contribution in [2.24, 2.45) is 0 Å². The molecule has 0 amide bonds. The lowest BCUT2D eigenvalue weighted by molar-refractivity contribution is 0.179. The van der Waals surface area contributed by atoms with Crippen LogP contribution >= 0.6 is 0 Å². The Morgan fingerprint density at radius 1 is 1.24 bits per heavy atom. The Balaban J connectivity index is 2.14. The van der Waals surface area contributed by atoms with Gasteiger partial charge in [0, 0.05) is 18.2 Å². The predicted molar refractivity (Wildman–Crippen MR) is 68.5 cm³/mol. The zero-order chi connectivity index (χ0) is 12.3. The molecule has 1 unspecified atom stereocenters. The number of nitrogens with zero attached hydrogens (tertiary/aromatic N) is 1. The third kappa shape index (κ3) is 2.82. The quantitative estimate of drug-likeness (QED) is 0.847. The van der Waals surface area contributed by atoms with Crippen LogP contribution in [0.1, 0.15) is 22.8 Å². The van der Waals surface area contributed by atoms with E-state index < -0.39 is 6.10 Å². The summed E-state index contributed by atoms with van der Waals surface area (Å²) in [6.45, 7) is 2.04. The van der Waals surface area contributed by atoms with Crippen LogP contribution in [0.15, 0.2) is 42.6 Å². The van der Waals surface area contributed by atoms with Crippen LogP contribution in [-0.4, -0.2) is 10.1 Å². The average molecular weight is 228 g/mol. The van der Waals surface area contributed by atoms with E-state index in [1.54, 1.807) is 18.3 Å². The molecule has 1 aromatic heterocycles. The van der Waals surface area contributed by atoms with Gasteiger partial charge in [-0.2, -0.15) is 0 Å². The number of anilines is 1. The Morgan fingerprint density at radius 3 is 2.59 bits per heavy atom. The lowest BCUT2D eigenvalue weighted by atomic mass is 10.0. The van der Waals surface area contributed by atoms with E-state index in [9.17, 15) is 5.11 Å². The molecule has 0 saturated carbocycles. The fraction of sp³-hybridized carbons (Fsp3) is 0.214. The average Bonchev–Trinajstić information content (AvgIpc) is 2.32. The molecule has 1 atom stereocenters. The molecule has 0 fully saturated rings. The summed E-state index contributed by atoms with van der Waals surface area (Å²) >= 11 is 0. The van der Waals surface area contributed by atoms with Crippen molar-refractivity contribution in [3.05, 3.63) is 59.3 Å². The van der Waals surface area contributed by atoms with E-state index in [4.69, 9.17) is 5.73 Å². The predicted octanol–water partition coefficient (Wildman–Crippen LogP) is 2.25. The topological polar surface area (TPSA) is 59.1 Å². The van der Waals surface area contributed by atoms with E-state index in [0.717, 1.165) is 5.56 Å². The van der Waals surface area contributed by atoms with Crippen LogP contribution in [0.3, 0.4) is 0 Å². The van der Waals surface area contributed by atoms with Crippen LogP contribution in [0.2, 0.25) is 0 Å². The number of pyridine rings is 1. The first-order valence-electron chi connectivity index (χ1n) is 5.61. The molecule has 0 bridgehead atoms. The van der Waals surface area contributed by atoms with Gasteiger partial charge in [-0.15, -0.1) is 0 Å². The number of aromatic nitrogens is 1. The Kier molecular flexibility index (Phi) is 3.40. The number of hydrogen-bond acceptors (Lipinski definition) is 3. The lowest BCUT2D eigenvalue weighted by Gasteiger charge is -2.12. The standard InChI is InChI=1S/C14H16N2O/c1-10-4-6-11(7-5-10)9-13(17)12-3-2-8-16-14(12)15/h2-8,13,17H,9H2,1H3,(H2,15,16). The summed E-state index contributed by atoms with van der Waals surface area (Å²) in [5.74, 6) is 0.395. The number of aliphatic hydroxyl groups is 1. The second-order valence-electron chi connectivity index (χ2n) is 4.18. The van der Waals surface area contributed by atoms with Crippen LogP contribution in [0, 0.1) is 6.92 Å². The van der Waals surface area contributed by atoms with Gasteiger partial charge in [-0.3, -0.25) is 0 Å². The second kappa shape index (κ2) is 4.97. The van der Waals surface area contributed by atoms with Gasteiger partial charge in [-0.05, 0) is 18.6 Å². The van der Waals surface area contributed by atoms with E-state index in [2.05, 4.69) is 4.98 Å². The third-order valence-corrected chi connectivity index (χ3v) is 2.78. The summed E-state index contributed by atoms with van der Waals surface area (Å²) in [4.78, 5) is 3.97. The van der Waals surface area contributed by atoms with Crippen molar-refractivity contribution in [1.82, 2.24) is 4.98 Å². The summed E-state index contributed by atoms with van der Waals surface area (Å²) < 4.78 is 0. The minimum absolute atomic E-state index is 0.395. The molecule has 1 heterocycles. The molecule has 3 N–H and O–H groups in total. The SMILES string of the molecule is Cc1ccc(CC(O)c2cccnc2N)cc1. The van der Waals surface area contributed by atoms with Crippen molar-refractivity contribution in [1.29, 1.82) is 0 Å². The lowest BCUT2D eigenvalue weighted by Crippen LogP contribution is -2.06. The molecule has 2 aromatic rings. The van der Waals surface area contributed by atoms with E-state index in [1.165, 1.54) is 5.56 Å². The molecule has 0 aliphatic heterocycles. The van der Waals surface area contributed by atoms with Crippen LogP contribution in [-0.2, 0) is 6.42 Å². The van der Waals surface area contributed by atoms with Gasteiger partial charge in [-0.1, -0.05) is 35.9 Å². The molecule has 2 rings (SSSR count). The Bertz CT molecular complexity index is 494. The molecule has 0 radical (unpaired) electrons. The first-order chi connectivity index (χ1) is 8.16. The zero-order valence-electron chi connectivity index (χ0n) is 9.80. The first kappa shape index (κ1) is 11.6. The number of aryl methyl sites for hydroxylation is 1. The molecule has 0 aliphatic rings. The molecule has 3 heteroatoms. The van der Waals surface area contributed by atoms with Gasteiger partial charge in [0.25, 0.3) is 0 Å². The normalized spacial score (nSPS) is 12.4. The van der Waals surface area contributed by atoms with Gasteiger partial charge < -0.3 is 10.8 Å². The minimum atomic E-state index is -0.605. The highest BCUT2D eigenvalue weighted by molar-refractivity contribution is 5.40. The van der Waals surface area contributed by atoms with Gasteiger partial charge in [0.05, 0.1) is 6.10 Å². The van der Waals surface area contributed by atoms with Gasteiger partial charge in [0.2, 0.25) is 0 Å². The molecule has 17 heavy (non-hydrogen) atoms. The molecule has 0 saturated heterocycles. The number of aliphatic hydroxyl groups excluding tert-OH is 1. The molecule has 3 nitrogen and oxygen atoms in total.